The van der Waals surface area contributed by atoms with Crippen molar-refractivity contribution in [1.29, 1.82) is 0 Å². The number of nitrogens with zero attached hydrogens (tertiary/aromatic N) is 4. The maximum Gasteiger partial charge on any atom is 0.264 e. The first-order valence-corrected chi connectivity index (χ1v) is 10.6. The molecule has 2 aliphatic rings. The van der Waals surface area contributed by atoms with E-state index in [1.54, 1.807) is 12.4 Å². The van der Waals surface area contributed by atoms with Gasteiger partial charge in [-0.1, -0.05) is 6.07 Å². The molecule has 4 rings (SSSR count). The number of imide groups is 1. The van der Waals surface area contributed by atoms with E-state index in [9.17, 15) is 14.0 Å². The van der Waals surface area contributed by atoms with Crippen molar-refractivity contribution in [2.24, 2.45) is 5.92 Å². The van der Waals surface area contributed by atoms with Crippen molar-refractivity contribution in [3.05, 3.63) is 53.2 Å². The predicted octanol–water partition coefficient (Wildman–Crippen LogP) is 3.30. The zero-order valence-electron chi connectivity index (χ0n) is 18.1. The Balaban J connectivity index is 1.35. The Morgan fingerprint density at radius 1 is 1.10 bits per heavy atom. The summed E-state index contributed by atoms with van der Waals surface area (Å²) in [6.07, 6.45) is 4.97. The second-order valence-electron chi connectivity index (χ2n) is 9.13. The van der Waals surface area contributed by atoms with Gasteiger partial charge in [0.2, 0.25) is 5.88 Å². The van der Waals surface area contributed by atoms with E-state index in [1.165, 1.54) is 23.1 Å². The molecule has 1 aromatic carbocycles. The molecule has 1 saturated heterocycles. The van der Waals surface area contributed by atoms with Crippen molar-refractivity contribution >= 4 is 11.8 Å². The molecule has 0 N–H and O–H groups in total. The number of hydrogen-bond donors (Lipinski definition) is 0. The lowest BCUT2D eigenvalue weighted by atomic mass is 9.96. The molecular weight excluding hydrogens is 399 g/mol. The molecule has 0 aliphatic carbocycles. The van der Waals surface area contributed by atoms with E-state index in [2.05, 4.69) is 14.9 Å². The van der Waals surface area contributed by atoms with Crippen LogP contribution < -0.4 is 4.74 Å². The number of carbonyl (C=O) groups excluding carboxylic acids is 2. The fourth-order valence-electron chi connectivity index (χ4n) is 4.09. The molecule has 0 atom stereocenters. The second kappa shape index (κ2) is 8.34. The molecule has 1 fully saturated rings. The summed E-state index contributed by atoms with van der Waals surface area (Å²) in [6, 6.07) is 4.20. The highest BCUT2D eigenvalue weighted by Crippen LogP contribution is 2.29. The van der Waals surface area contributed by atoms with Crippen molar-refractivity contribution in [3.8, 4) is 5.88 Å². The highest BCUT2D eigenvalue weighted by Gasteiger charge is 2.39. The normalized spacial score (nSPS) is 17.9. The third-order valence-corrected chi connectivity index (χ3v) is 5.61. The van der Waals surface area contributed by atoms with Gasteiger partial charge in [-0.05, 0) is 64.8 Å². The van der Waals surface area contributed by atoms with Crippen LogP contribution in [0, 0.1) is 11.7 Å². The lowest BCUT2D eigenvalue weighted by molar-refractivity contribution is 0.0592. The van der Waals surface area contributed by atoms with Crippen LogP contribution in [0.1, 0.15) is 60.0 Å². The molecule has 31 heavy (non-hydrogen) atoms. The third kappa shape index (κ3) is 4.58. The van der Waals surface area contributed by atoms with Crippen LogP contribution in [0.3, 0.4) is 0 Å². The number of rotatable bonds is 5. The summed E-state index contributed by atoms with van der Waals surface area (Å²) >= 11 is 0. The number of carbonyl (C=O) groups is 2. The van der Waals surface area contributed by atoms with Crippen LogP contribution in [0.4, 0.5) is 4.39 Å². The summed E-state index contributed by atoms with van der Waals surface area (Å²) in [5.41, 5.74) is 0.506. The van der Waals surface area contributed by atoms with Gasteiger partial charge >= 0.3 is 0 Å². The number of fused-ring (bicyclic) bond motifs is 1. The van der Waals surface area contributed by atoms with Crippen LogP contribution in [0.25, 0.3) is 0 Å². The number of ether oxygens (including phenoxy) is 1. The van der Waals surface area contributed by atoms with Crippen LogP contribution >= 0.6 is 0 Å². The molecule has 7 nitrogen and oxygen atoms in total. The van der Waals surface area contributed by atoms with E-state index in [4.69, 9.17) is 4.74 Å². The highest BCUT2D eigenvalue weighted by molar-refractivity contribution is 6.21. The molecule has 2 aliphatic heterocycles. The Labute approximate surface area is 181 Å². The van der Waals surface area contributed by atoms with Gasteiger partial charge in [0.1, 0.15) is 17.1 Å². The Kier molecular flexibility index (Phi) is 5.75. The molecule has 0 spiro atoms. The average molecular weight is 426 g/mol. The minimum Gasteiger partial charge on any atom is -0.471 e. The van der Waals surface area contributed by atoms with E-state index in [-0.39, 0.29) is 22.6 Å². The van der Waals surface area contributed by atoms with Crippen LogP contribution in [-0.2, 0) is 6.54 Å². The van der Waals surface area contributed by atoms with Crippen LogP contribution in [0.5, 0.6) is 5.88 Å². The minimum absolute atomic E-state index is 0.0982. The van der Waals surface area contributed by atoms with E-state index in [0.717, 1.165) is 31.6 Å². The van der Waals surface area contributed by atoms with Gasteiger partial charge in [0.15, 0.2) is 0 Å². The first kappa shape index (κ1) is 21.4. The average Bonchev–Trinajstić information content (AvgIpc) is 2.95. The van der Waals surface area contributed by atoms with E-state index in [0.29, 0.717) is 19.0 Å². The van der Waals surface area contributed by atoms with E-state index < -0.39 is 17.6 Å². The summed E-state index contributed by atoms with van der Waals surface area (Å²) in [5.74, 6) is -0.821. The molecular formula is C23H27FN4O3. The van der Waals surface area contributed by atoms with Gasteiger partial charge < -0.3 is 4.74 Å². The molecule has 164 valence electrons. The fraction of sp³-hybridized carbons (Fsp3) is 0.478. The summed E-state index contributed by atoms with van der Waals surface area (Å²) in [7, 11) is 0. The van der Waals surface area contributed by atoms with Gasteiger partial charge in [-0.15, -0.1) is 0 Å². The molecule has 0 bridgehead atoms. The van der Waals surface area contributed by atoms with Crippen LogP contribution in [-0.4, -0.2) is 56.8 Å². The predicted molar refractivity (Wildman–Crippen MR) is 112 cm³/mol. The molecule has 1 aromatic heterocycles. The number of piperidine rings is 1. The van der Waals surface area contributed by atoms with Crippen molar-refractivity contribution in [2.45, 2.75) is 45.8 Å². The summed E-state index contributed by atoms with van der Waals surface area (Å²) in [6.45, 7) is 8.50. The van der Waals surface area contributed by atoms with Gasteiger partial charge in [0.05, 0.1) is 11.1 Å². The zero-order chi connectivity index (χ0) is 22.2. The van der Waals surface area contributed by atoms with E-state index in [1.807, 2.05) is 20.8 Å². The van der Waals surface area contributed by atoms with Gasteiger partial charge in [-0.2, -0.15) is 0 Å². The highest BCUT2D eigenvalue weighted by atomic mass is 19.1. The monoisotopic (exact) mass is 426 g/mol. The first-order chi connectivity index (χ1) is 14.7. The first-order valence-electron chi connectivity index (χ1n) is 10.6. The summed E-state index contributed by atoms with van der Waals surface area (Å²) in [4.78, 5) is 37.4. The third-order valence-electron chi connectivity index (χ3n) is 5.61. The smallest absolute Gasteiger partial charge is 0.264 e. The fourth-order valence-corrected chi connectivity index (χ4v) is 4.09. The molecule has 8 heteroatoms. The zero-order valence-corrected chi connectivity index (χ0v) is 18.1. The molecule has 3 heterocycles. The van der Waals surface area contributed by atoms with Crippen LogP contribution in [0.2, 0.25) is 0 Å². The molecule has 0 saturated carbocycles. The molecule has 0 radical (unpaired) electrons. The Morgan fingerprint density at radius 3 is 2.48 bits per heavy atom. The van der Waals surface area contributed by atoms with Gasteiger partial charge in [0, 0.05) is 25.5 Å². The standard InChI is InChI=1S/C23H27FN4O3/c1-23(2,3)31-20-18(25-9-10-26-20)14-27-11-7-15(8-12-27)13-28-21(29)16-5-4-6-17(24)19(16)22(28)30/h4-6,9-10,15H,7-8,11-14H2,1-3H3. The number of likely N-dealkylation sites (tertiary alicyclic amines) is 1. The number of aromatic nitrogens is 2. The van der Waals surface area contributed by atoms with Crippen molar-refractivity contribution in [3.63, 3.8) is 0 Å². The lowest BCUT2D eigenvalue weighted by Crippen LogP contribution is -2.40. The van der Waals surface area contributed by atoms with Gasteiger partial charge in [0.25, 0.3) is 11.8 Å². The summed E-state index contributed by atoms with van der Waals surface area (Å²) < 4.78 is 20.0. The van der Waals surface area contributed by atoms with Gasteiger partial charge in [-0.25, -0.2) is 9.37 Å². The second-order valence-corrected chi connectivity index (χ2v) is 9.13. The lowest BCUT2D eigenvalue weighted by Gasteiger charge is -2.33. The largest absolute Gasteiger partial charge is 0.471 e. The molecule has 2 aromatic rings. The maximum absolute atomic E-state index is 14.0. The van der Waals surface area contributed by atoms with E-state index >= 15 is 0 Å². The van der Waals surface area contributed by atoms with Crippen molar-refractivity contribution in [1.82, 2.24) is 19.8 Å². The van der Waals surface area contributed by atoms with Gasteiger partial charge in [-0.3, -0.25) is 24.4 Å². The maximum atomic E-state index is 14.0. The van der Waals surface area contributed by atoms with Crippen molar-refractivity contribution in [2.75, 3.05) is 19.6 Å². The number of benzene rings is 1. The number of amides is 2. The minimum atomic E-state index is -0.634. The summed E-state index contributed by atoms with van der Waals surface area (Å²) in [5, 5.41) is 0. The van der Waals surface area contributed by atoms with Crippen molar-refractivity contribution < 1.29 is 18.7 Å². The SMILES string of the molecule is CC(C)(C)Oc1nccnc1CN1CCC(CN2C(=O)c3cccc(F)c3C2=O)CC1. The molecule has 2 amide bonds. The Hall–Kier alpha value is -2.87. The topological polar surface area (TPSA) is 75.6 Å². The number of halogens is 1. The van der Waals surface area contributed by atoms with Crippen LogP contribution in [0.15, 0.2) is 30.6 Å². The molecule has 0 unspecified atom stereocenters. The Bertz CT molecular complexity index is 997. The Morgan fingerprint density at radius 2 is 1.81 bits per heavy atom. The number of hydrogen-bond acceptors (Lipinski definition) is 6. The quantitative estimate of drug-likeness (QED) is 0.683.